The number of carbonyl (C=O) groups excluding carboxylic acids is 3. The number of nitrogens with one attached hydrogen (secondary N) is 1. The van der Waals surface area contributed by atoms with Crippen molar-refractivity contribution in [1.82, 2.24) is 15.1 Å². The minimum Gasteiger partial charge on any atom is -0.357 e. The van der Waals surface area contributed by atoms with Crippen LogP contribution in [0.25, 0.3) is 10.8 Å². The molecule has 40 heavy (non-hydrogen) atoms. The smallest absolute Gasteiger partial charge is 0.246 e. The zero-order valence-corrected chi connectivity index (χ0v) is 23.9. The van der Waals surface area contributed by atoms with Crippen LogP contribution in [-0.4, -0.2) is 66.3 Å². The van der Waals surface area contributed by atoms with Crippen LogP contribution in [0, 0.1) is 5.82 Å². The first-order valence-corrected chi connectivity index (χ1v) is 13.3. The summed E-state index contributed by atoms with van der Waals surface area (Å²) in [6.07, 6.45) is 3.82. The number of benzene rings is 3. The molecular weight excluding hydrogens is 507 g/mol. The van der Waals surface area contributed by atoms with E-state index in [1.807, 2.05) is 56.3 Å². The lowest BCUT2D eigenvalue weighted by molar-refractivity contribution is -0.146. The monoisotopic (exact) mass is 546 g/mol. The Balaban J connectivity index is 1.95. The van der Waals surface area contributed by atoms with Crippen molar-refractivity contribution in [1.29, 1.82) is 0 Å². The van der Waals surface area contributed by atoms with Gasteiger partial charge in [0.25, 0.3) is 0 Å². The summed E-state index contributed by atoms with van der Waals surface area (Å²) in [7, 11) is 4.56. The molecule has 2 unspecified atom stereocenters. The van der Waals surface area contributed by atoms with Gasteiger partial charge in [-0.2, -0.15) is 0 Å². The Labute approximate surface area is 235 Å². The van der Waals surface area contributed by atoms with Crippen molar-refractivity contribution in [3.05, 3.63) is 95.8 Å². The minimum atomic E-state index is -0.981. The Hall–Kier alpha value is -4.04. The van der Waals surface area contributed by atoms with Crippen LogP contribution in [0.4, 0.5) is 4.39 Å². The van der Waals surface area contributed by atoms with E-state index in [4.69, 9.17) is 5.73 Å². The molecule has 0 heterocycles. The van der Waals surface area contributed by atoms with E-state index in [9.17, 15) is 18.8 Å². The van der Waals surface area contributed by atoms with Gasteiger partial charge in [-0.25, -0.2) is 4.39 Å². The number of nitrogens with two attached hydrogens (primary N) is 1. The van der Waals surface area contributed by atoms with Gasteiger partial charge >= 0.3 is 0 Å². The standard InChI is InChI=1S/C32H39FN4O3/c1-32(2,34)18-10-15-29(38)36(4)28(20-22-16-17-23-11-6-7-12-24(23)19-22)31(40)37(5)27(30(39)35-3)21-25-13-8-9-14-26(25)33/h6-17,19,27-28H,18,20-21,34H2,1-5H3,(H,35,39)/b15-10+. The van der Waals surface area contributed by atoms with Crippen LogP contribution in [0.3, 0.4) is 0 Å². The molecule has 3 aromatic carbocycles. The van der Waals surface area contributed by atoms with Gasteiger partial charge < -0.3 is 20.9 Å². The highest BCUT2D eigenvalue weighted by Crippen LogP contribution is 2.20. The molecule has 0 spiro atoms. The van der Waals surface area contributed by atoms with Gasteiger partial charge in [0.1, 0.15) is 17.9 Å². The molecular formula is C32H39FN4O3. The molecule has 0 saturated heterocycles. The zero-order valence-electron chi connectivity index (χ0n) is 23.9. The lowest BCUT2D eigenvalue weighted by atomic mass is 9.98. The Morgan fingerprint density at radius 3 is 2.23 bits per heavy atom. The summed E-state index contributed by atoms with van der Waals surface area (Å²) >= 11 is 0. The van der Waals surface area contributed by atoms with Gasteiger partial charge in [-0.05, 0) is 54.3 Å². The average molecular weight is 547 g/mol. The highest BCUT2D eigenvalue weighted by molar-refractivity contribution is 5.95. The maximum Gasteiger partial charge on any atom is 0.246 e. The fourth-order valence-corrected chi connectivity index (χ4v) is 4.55. The molecule has 3 amide bonds. The Morgan fingerprint density at radius 2 is 1.57 bits per heavy atom. The second-order valence-corrected chi connectivity index (χ2v) is 10.8. The summed E-state index contributed by atoms with van der Waals surface area (Å²) in [5.41, 5.74) is 6.74. The quantitative estimate of drug-likeness (QED) is 0.357. The highest BCUT2D eigenvalue weighted by Gasteiger charge is 2.35. The topological polar surface area (TPSA) is 95.7 Å². The third-order valence-corrected chi connectivity index (χ3v) is 6.98. The molecule has 3 rings (SSSR count). The molecule has 0 aliphatic rings. The second-order valence-electron chi connectivity index (χ2n) is 10.8. The predicted molar refractivity (Wildman–Crippen MR) is 157 cm³/mol. The molecule has 8 heteroatoms. The van der Waals surface area contributed by atoms with Crippen LogP contribution in [0.2, 0.25) is 0 Å². The summed E-state index contributed by atoms with van der Waals surface area (Å²) in [5.74, 6) is -1.67. The fourth-order valence-electron chi connectivity index (χ4n) is 4.55. The molecule has 2 atom stereocenters. The van der Waals surface area contributed by atoms with Gasteiger partial charge in [-0.15, -0.1) is 0 Å². The van der Waals surface area contributed by atoms with Crippen molar-refractivity contribution < 1.29 is 18.8 Å². The number of rotatable bonds is 11. The maximum atomic E-state index is 14.5. The molecule has 212 valence electrons. The number of fused-ring (bicyclic) bond motifs is 1. The Kier molecular flexibility index (Phi) is 10.2. The largest absolute Gasteiger partial charge is 0.357 e. The first-order valence-electron chi connectivity index (χ1n) is 13.3. The van der Waals surface area contributed by atoms with E-state index in [1.54, 1.807) is 31.3 Å². The molecule has 3 aromatic rings. The molecule has 7 nitrogen and oxygen atoms in total. The van der Waals surface area contributed by atoms with Gasteiger partial charge in [-0.3, -0.25) is 14.4 Å². The summed E-state index contributed by atoms with van der Waals surface area (Å²) < 4.78 is 14.5. The van der Waals surface area contributed by atoms with E-state index >= 15 is 0 Å². The van der Waals surface area contributed by atoms with Crippen molar-refractivity contribution in [3.8, 4) is 0 Å². The maximum absolute atomic E-state index is 14.5. The first kappa shape index (κ1) is 30.5. The number of hydrogen-bond acceptors (Lipinski definition) is 4. The van der Waals surface area contributed by atoms with E-state index in [-0.39, 0.29) is 18.7 Å². The van der Waals surface area contributed by atoms with E-state index in [0.717, 1.165) is 16.3 Å². The molecule has 0 aliphatic carbocycles. The molecule has 3 N–H and O–H groups in total. The molecule has 0 saturated carbocycles. The third kappa shape index (κ3) is 7.99. The molecule has 0 radical (unpaired) electrons. The minimum absolute atomic E-state index is 0.0135. The third-order valence-electron chi connectivity index (χ3n) is 6.98. The van der Waals surface area contributed by atoms with Crippen LogP contribution < -0.4 is 11.1 Å². The zero-order chi connectivity index (χ0) is 29.4. The van der Waals surface area contributed by atoms with Gasteiger partial charge in [0.2, 0.25) is 17.7 Å². The average Bonchev–Trinajstić information content (AvgIpc) is 2.93. The fraction of sp³-hybridized carbons (Fsp3) is 0.344. The van der Waals surface area contributed by atoms with Gasteiger partial charge in [-0.1, -0.05) is 66.7 Å². The summed E-state index contributed by atoms with van der Waals surface area (Å²) in [4.78, 5) is 42.8. The van der Waals surface area contributed by atoms with Crippen molar-refractivity contribution in [2.75, 3.05) is 21.1 Å². The van der Waals surface area contributed by atoms with Gasteiger partial charge in [0.05, 0.1) is 0 Å². The SMILES string of the molecule is CNC(=O)C(Cc1ccccc1F)N(C)C(=O)C(Cc1ccc2ccccc2c1)N(C)C(=O)/C=C/CC(C)(C)N. The lowest BCUT2D eigenvalue weighted by Gasteiger charge is -2.34. The van der Waals surface area contributed by atoms with E-state index in [2.05, 4.69) is 5.32 Å². The van der Waals surface area contributed by atoms with E-state index in [0.29, 0.717) is 12.0 Å². The molecule has 0 aliphatic heterocycles. The van der Waals surface area contributed by atoms with Crippen molar-refractivity contribution in [2.24, 2.45) is 5.73 Å². The van der Waals surface area contributed by atoms with Crippen LogP contribution >= 0.6 is 0 Å². The van der Waals surface area contributed by atoms with Crippen molar-refractivity contribution in [3.63, 3.8) is 0 Å². The normalized spacial score (nSPS) is 13.2. The lowest BCUT2D eigenvalue weighted by Crippen LogP contribution is -2.55. The number of likely N-dealkylation sites (N-methyl/N-ethyl adjacent to an activating group) is 3. The van der Waals surface area contributed by atoms with Crippen LogP contribution in [0.5, 0.6) is 0 Å². The first-order chi connectivity index (χ1) is 18.9. The number of nitrogens with zero attached hydrogens (tertiary/aromatic N) is 2. The number of halogens is 1. The number of hydrogen-bond donors (Lipinski definition) is 2. The van der Waals surface area contributed by atoms with E-state index < -0.39 is 35.3 Å². The van der Waals surface area contributed by atoms with Crippen LogP contribution in [-0.2, 0) is 27.2 Å². The van der Waals surface area contributed by atoms with Gasteiger partial charge in [0.15, 0.2) is 0 Å². The molecule has 0 bridgehead atoms. The number of carbonyl (C=O) groups is 3. The van der Waals surface area contributed by atoms with Crippen molar-refractivity contribution >= 4 is 28.5 Å². The van der Waals surface area contributed by atoms with Crippen LogP contribution in [0.1, 0.15) is 31.4 Å². The second kappa shape index (κ2) is 13.3. The summed E-state index contributed by atoms with van der Waals surface area (Å²) in [6, 6.07) is 18.1. The Bertz CT molecular complexity index is 1380. The summed E-state index contributed by atoms with van der Waals surface area (Å²) in [6.45, 7) is 3.72. The van der Waals surface area contributed by atoms with Gasteiger partial charge in [0, 0.05) is 39.5 Å². The Morgan fingerprint density at radius 1 is 0.925 bits per heavy atom. The summed E-state index contributed by atoms with van der Waals surface area (Å²) in [5, 5.41) is 4.66. The van der Waals surface area contributed by atoms with E-state index in [1.165, 1.54) is 36.0 Å². The number of amides is 3. The predicted octanol–water partition coefficient (Wildman–Crippen LogP) is 3.85. The van der Waals surface area contributed by atoms with Crippen LogP contribution in [0.15, 0.2) is 78.9 Å². The highest BCUT2D eigenvalue weighted by atomic mass is 19.1. The van der Waals surface area contributed by atoms with Crippen molar-refractivity contribution in [2.45, 2.75) is 50.7 Å². The molecule has 0 fully saturated rings. The molecule has 0 aromatic heterocycles.